The summed E-state index contributed by atoms with van der Waals surface area (Å²) in [5.41, 5.74) is 6.02. The molecule has 7 heteroatoms. The monoisotopic (exact) mass is 390 g/mol. The third-order valence-corrected chi connectivity index (χ3v) is 4.39. The molecule has 0 heterocycles. The summed E-state index contributed by atoms with van der Waals surface area (Å²) < 4.78 is 25.6. The van der Waals surface area contributed by atoms with Gasteiger partial charge in [0.2, 0.25) is 12.3 Å². The Labute approximate surface area is 163 Å². The minimum absolute atomic E-state index is 0.216. The summed E-state index contributed by atoms with van der Waals surface area (Å²) in [5.74, 6) is 3.57. The van der Waals surface area contributed by atoms with Gasteiger partial charge in [0, 0.05) is 29.4 Å². The largest absolute Gasteiger partial charge is 0.368 e. The number of alkyl halides is 2. The van der Waals surface area contributed by atoms with Gasteiger partial charge in [0.25, 0.3) is 5.91 Å². The van der Waals surface area contributed by atoms with Gasteiger partial charge >= 0.3 is 0 Å². The Kier molecular flexibility index (Phi) is 9.03. The van der Waals surface area contributed by atoms with Gasteiger partial charge in [-0.05, 0) is 36.6 Å². The van der Waals surface area contributed by atoms with Crippen LogP contribution < -0.4 is 11.1 Å². The normalized spacial score (nSPS) is 19.1. The number of primary amides is 1. The first-order valence-corrected chi connectivity index (χ1v) is 8.77. The van der Waals surface area contributed by atoms with Gasteiger partial charge in [0.15, 0.2) is 0 Å². The third kappa shape index (κ3) is 6.62. The number of nitrogens with one attached hydrogen (secondary N) is 1. The average Bonchev–Trinajstić information content (AvgIpc) is 3.43. The summed E-state index contributed by atoms with van der Waals surface area (Å²) >= 11 is 0. The van der Waals surface area contributed by atoms with Gasteiger partial charge in [0.1, 0.15) is 12.3 Å². The molecule has 2 rings (SSSR count). The van der Waals surface area contributed by atoms with Gasteiger partial charge in [-0.3, -0.25) is 9.59 Å². The van der Waals surface area contributed by atoms with Crippen LogP contribution in [0.3, 0.4) is 0 Å². The van der Waals surface area contributed by atoms with E-state index in [4.69, 9.17) is 5.73 Å². The maximum atomic E-state index is 12.8. The molecule has 1 aromatic rings. The van der Waals surface area contributed by atoms with Gasteiger partial charge < -0.3 is 15.8 Å². The molecule has 28 heavy (non-hydrogen) atoms. The Hall–Kier alpha value is -3.01. The van der Waals surface area contributed by atoms with Crippen LogP contribution in [-0.4, -0.2) is 30.6 Å². The van der Waals surface area contributed by atoms with Crippen LogP contribution in [0.4, 0.5) is 8.78 Å². The molecule has 150 valence electrons. The van der Waals surface area contributed by atoms with Crippen molar-refractivity contribution in [2.45, 2.75) is 32.2 Å². The summed E-state index contributed by atoms with van der Waals surface area (Å²) in [4.78, 5) is 33.9. The fourth-order valence-corrected chi connectivity index (χ4v) is 2.52. The van der Waals surface area contributed by atoms with Crippen molar-refractivity contribution < 1.29 is 23.2 Å². The highest BCUT2D eigenvalue weighted by atomic mass is 19.3. The van der Waals surface area contributed by atoms with Crippen LogP contribution in [0.25, 0.3) is 0 Å². The van der Waals surface area contributed by atoms with Crippen molar-refractivity contribution in [1.29, 1.82) is 0 Å². The topological polar surface area (TPSA) is 89.3 Å². The van der Waals surface area contributed by atoms with E-state index in [1.165, 1.54) is 12.1 Å². The number of hydrogen-bond donors (Lipinski definition) is 2. The molecule has 2 amide bonds. The van der Waals surface area contributed by atoms with E-state index in [9.17, 15) is 23.2 Å². The maximum Gasteiger partial charge on any atom is 0.251 e. The first-order valence-electron chi connectivity index (χ1n) is 8.77. The molecule has 1 fully saturated rings. The van der Waals surface area contributed by atoms with E-state index in [1.807, 2.05) is 0 Å². The summed E-state index contributed by atoms with van der Waals surface area (Å²) in [7, 11) is 0. The molecule has 1 aliphatic carbocycles. The second-order valence-electron chi connectivity index (χ2n) is 6.40. The number of hydrogen-bond acceptors (Lipinski definition) is 3. The Morgan fingerprint density at radius 3 is 2.43 bits per heavy atom. The molecule has 3 N–H and O–H groups in total. The molecule has 1 saturated carbocycles. The highest BCUT2D eigenvalue weighted by Crippen LogP contribution is 2.39. The van der Waals surface area contributed by atoms with Gasteiger partial charge in [0.05, 0.1) is 0 Å². The number of carbonyl (C=O) groups is 3. The highest BCUT2D eigenvalue weighted by Gasteiger charge is 2.34. The average molecular weight is 390 g/mol. The Balaban J connectivity index is 0.00000190. The van der Waals surface area contributed by atoms with E-state index in [0.29, 0.717) is 17.9 Å². The predicted molar refractivity (Wildman–Crippen MR) is 102 cm³/mol. The van der Waals surface area contributed by atoms with Gasteiger partial charge in [-0.25, -0.2) is 8.78 Å². The van der Waals surface area contributed by atoms with Crippen molar-refractivity contribution in [3.63, 3.8) is 0 Å². The number of rotatable bonds is 7. The fourth-order valence-electron chi connectivity index (χ4n) is 2.52. The first-order chi connectivity index (χ1) is 13.3. The predicted octanol–water partition coefficient (Wildman–Crippen LogP) is 2.55. The van der Waals surface area contributed by atoms with Crippen molar-refractivity contribution in [3.05, 3.63) is 48.6 Å². The zero-order valence-electron chi connectivity index (χ0n) is 15.7. The Morgan fingerprint density at radius 1 is 1.32 bits per heavy atom. The standard InChI is InChI=1S/C19H20F2N2O3.C2H4/c1-11(17(20)21)16(18(22)25)23-19(26)13-5-2-12(3-6-13)4-7-14-10-15(14)8-9-24;1-2/h2-3,5-6,9,11,14-17H,8,10H2,1H3,(H2,22,25)(H,23,26);1-2H2. The second-order valence-corrected chi connectivity index (χ2v) is 6.40. The fraction of sp³-hybridized carbons (Fsp3) is 0.381. The number of carbonyl (C=O) groups excluding carboxylic acids is 3. The molecule has 1 aliphatic rings. The number of benzene rings is 1. The zero-order valence-corrected chi connectivity index (χ0v) is 15.7. The smallest absolute Gasteiger partial charge is 0.251 e. The van der Waals surface area contributed by atoms with Gasteiger partial charge in [-0.2, -0.15) is 0 Å². The minimum atomic E-state index is -2.78. The molecule has 4 unspecified atom stereocenters. The van der Waals surface area contributed by atoms with Crippen LogP contribution in [0.5, 0.6) is 0 Å². The van der Waals surface area contributed by atoms with Crippen molar-refractivity contribution in [2.75, 3.05) is 0 Å². The number of aldehydes is 1. The number of halogens is 2. The van der Waals surface area contributed by atoms with E-state index in [0.717, 1.165) is 19.6 Å². The lowest BCUT2D eigenvalue weighted by molar-refractivity contribution is -0.122. The lowest BCUT2D eigenvalue weighted by Gasteiger charge is -2.21. The third-order valence-electron chi connectivity index (χ3n) is 4.39. The van der Waals surface area contributed by atoms with Crippen LogP contribution in [0.1, 0.15) is 35.7 Å². The molecule has 0 saturated heterocycles. The minimum Gasteiger partial charge on any atom is -0.368 e. The van der Waals surface area contributed by atoms with Crippen LogP contribution >= 0.6 is 0 Å². The van der Waals surface area contributed by atoms with E-state index in [2.05, 4.69) is 30.3 Å². The number of nitrogens with two attached hydrogens (primary N) is 1. The van der Waals surface area contributed by atoms with Gasteiger partial charge in [-0.1, -0.05) is 18.8 Å². The molecule has 0 bridgehead atoms. The van der Waals surface area contributed by atoms with E-state index in [-0.39, 0.29) is 11.5 Å². The maximum absolute atomic E-state index is 12.8. The van der Waals surface area contributed by atoms with Crippen molar-refractivity contribution >= 4 is 18.1 Å². The lowest BCUT2D eigenvalue weighted by Crippen LogP contribution is -2.50. The Bertz CT molecular complexity index is 753. The molecule has 0 spiro atoms. The molecule has 5 nitrogen and oxygen atoms in total. The molecule has 0 aromatic heterocycles. The molecule has 4 atom stereocenters. The van der Waals surface area contributed by atoms with Crippen molar-refractivity contribution in [2.24, 2.45) is 23.5 Å². The van der Waals surface area contributed by atoms with Crippen molar-refractivity contribution in [3.8, 4) is 11.8 Å². The zero-order chi connectivity index (χ0) is 21.3. The number of amides is 2. The lowest BCUT2D eigenvalue weighted by atomic mass is 10.0. The molecule has 1 aromatic carbocycles. The quantitative estimate of drug-likeness (QED) is 0.426. The van der Waals surface area contributed by atoms with Crippen LogP contribution in [0.2, 0.25) is 0 Å². The SMILES string of the molecule is C=C.CC(C(F)F)C(NC(=O)c1ccc(C#CC2CC2CC=O)cc1)C(N)=O. The van der Waals surface area contributed by atoms with Gasteiger partial charge in [-0.15, -0.1) is 13.2 Å². The van der Waals surface area contributed by atoms with Crippen LogP contribution in [0.15, 0.2) is 37.4 Å². The van der Waals surface area contributed by atoms with Crippen LogP contribution in [0, 0.1) is 29.6 Å². The molecular formula is C21H24F2N2O3. The van der Waals surface area contributed by atoms with E-state index < -0.39 is 30.2 Å². The summed E-state index contributed by atoms with van der Waals surface area (Å²) in [6.07, 6.45) is -0.441. The summed E-state index contributed by atoms with van der Waals surface area (Å²) in [6.45, 7) is 7.15. The molecule has 0 aliphatic heterocycles. The highest BCUT2D eigenvalue weighted by molar-refractivity contribution is 5.97. The Morgan fingerprint density at radius 2 is 1.93 bits per heavy atom. The molecule has 0 radical (unpaired) electrons. The second kappa shape index (κ2) is 11.0. The van der Waals surface area contributed by atoms with E-state index >= 15 is 0 Å². The van der Waals surface area contributed by atoms with Crippen LogP contribution in [-0.2, 0) is 9.59 Å². The van der Waals surface area contributed by atoms with E-state index in [1.54, 1.807) is 12.1 Å². The first kappa shape index (κ1) is 23.0. The van der Waals surface area contributed by atoms with Crippen molar-refractivity contribution in [1.82, 2.24) is 5.32 Å². The summed E-state index contributed by atoms with van der Waals surface area (Å²) in [6, 6.07) is 4.82. The summed E-state index contributed by atoms with van der Waals surface area (Å²) in [5, 5.41) is 2.25. The molecular weight excluding hydrogens is 366 g/mol.